The number of fused-ring (bicyclic) bond motifs is 2. The van der Waals surface area contributed by atoms with Gasteiger partial charge in [-0.1, -0.05) is 18.2 Å². The lowest BCUT2D eigenvalue weighted by Gasteiger charge is -2.33. The van der Waals surface area contributed by atoms with E-state index < -0.39 is 6.10 Å². The highest BCUT2D eigenvalue weighted by Gasteiger charge is 2.34. The first-order valence-electron chi connectivity index (χ1n) is 11.3. The molecular weight excluding hydrogens is 370 g/mol. The van der Waals surface area contributed by atoms with Crippen LogP contribution in [-0.4, -0.2) is 19.5 Å². The third-order valence-electron chi connectivity index (χ3n) is 7.32. The maximum atomic E-state index is 11.5. The Kier molecular flexibility index (Phi) is 4.34. The molecule has 152 valence electrons. The molecule has 2 saturated carbocycles. The van der Waals surface area contributed by atoms with Crippen molar-refractivity contribution in [2.24, 2.45) is 5.92 Å². The van der Waals surface area contributed by atoms with Crippen molar-refractivity contribution in [2.45, 2.75) is 56.5 Å². The quantitative estimate of drug-likeness (QED) is 0.476. The Balaban J connectivity index is 1.27. The highest BCUT2D eigenvalue weighted by molar-refractivity contribution is 5.82. The van der Waals surface area contributed by atoms with Crippen molar-refractivity contribution < 1.29 is 5.11 Å². The molecule has 6 rings (SSSR count). The second kappa shape index (κ2) is 7.21. The van der Waals surface area contributed by atoms with Gasteiger partial charge in [0.25, 0.3) is 0 Å². The van der Waals surface area contributed by atoms with Gasteiger partial charge >= 0.3 is 0 Å². The van der Waals surface area contributed by atoms with Gasteiger partial charge in [-0.25, -0.2) is 4.98 Å². The molecule has 1 aromatic carbocycles. The van der Waals surface area contributed by atoms with Gasteiger partial charge in [0.15, 0.2) is 0 Å². The van der Waals surface area contributed by atoms with Crippen molar-refractivity contribution in [3.8, 4) is 0 Å². The Morgan fingerprint density at radius 3 is 2.50 bits per heavy atom. The highest BCUT2D eigenvalue weighted by atomic mass is 16.3. The smallest absolute Gasteiger partial charge is 0.0992 e. The lowest BCUT2D eigenvalue weighted by molar-refractivity contribution is 0.0811. The Labute approximate surface area is 176 Å². The van der Waals surface area contributed by atoms with Crippen LogP contribution in [0.3, 0.4) is 0 Å². The number of benzene rings is 1. The molecule has 1 N–H and O–H groups in total. The summed E-state index contributed by atoms with van der Waals surface area (Å²) in [5.74, 6) is 1.48. The van der Waals surface area contributed by atoms with Crippen LogP contribution in [0.25, 0.3) is 16.4 Å². The summed E-state index contributed by atoms with van der Waals surface area (Å²) in [6.45, 7) is 0. The summed E-state index contributed by atoms with van der Waals surface area (Å²) < 4.78 is 2.05. The first-order valence-corrected chi connectivity index (χ1v) is 11.3. The van der Waals surface area contributed by atoms with Crippen molar-refractivity contribution >= 4 is 16.4 Å². The number of aromatic nitrogens is 3. The second-order valence-corrected chi connectivity index (χ2v) is 9.12. The molecule has 0 aliphatic heterocycles. The number of aliphatic hydroxyl groups is 1. The number of pyridine rings is 2. The Bertz CT molecular complexity index is 1200. The van der Waals surface area contributed by atoms with Gasteiger partial charge in [0.05, 0.1) is 29.7 Å². The van der Waals surface area contributed by atoms with Gasteiger partial charge in [0.1, 0.15) is 0 Å². The highest BCUT2D eigenvalue weighted by Crippen LogP contribution is 2.48. The zero-order valence-electron chi connectivity index (χ0n) is 17.1. The fraction of sp³-hybridized carbons (Fsp3) is 0.385. The van der Waals surface area contributed by atoms with Crippen molar-refractivity contribution in [3.05, 3.63) is 78.0 Å². The first kappa shape index (κ1) is 18.1. The SMILES string of the molecule is OC(c1c(C2CC2)ccn2cncc12)C1CCC(c2ccnc3ccccc23)CC1. The lowest BCUT2D eigenvalue weighted by Crippen LogP contribution is -2.21. The maximum Gasteiger partial charge on any atom is 0.0992 e. The number of nitrogens with zero attached hydrogens (tertiary/aromatic N) is 3. The predicted molar refractivity (Wildman–Crippen MR) is 119 cm³/mol. The summed E-state index contributed by atoms with van der Waals surface area (Å²) in [4.78, 5) is 8.86. The van der Waals surface area contributed by atoms with Crippen LogP contribution in [0.15, 0.2) is 61.3 Å². The number of hydrogen-bond acceptors (Lipinski definition) is 3. The minimum absolute atomic E-state index is 0.313. The summed E-state index contributed by atoms with van der Waals surface area (Å²) in [5, 5.41) is 12.8. The standard InChI is InChI=1S/C26H27N3O/c30-26(25-21(18-5-6-18)12-14-29-16-27-15-24(25)29)19-9-7-17(8-10-19)20-11-13-28-23-4-2-1-3-22(20)23/h1-4,11-19,26,30H,5-10H2. The first-order chi connectivity index (χ1) is 14.8. The molecule has 3 aromatic heterocycles. The monoisotopic (exact) mass is 397 g/mol. The zero-order valence-corrected chi connectivity index (χ0v) is 17.1. The molecule has 30 heavy (non-hydrogen) atoms. The number of imidazole rings is 1. The third-order valence-corrected chi connectivity index (χ3v) is 7.32. The molecule has 0 amide bonds. The molecule has 0 radical (unpaired) electrons. The van der Waals surface area contributed by atoms with Crippen molar-refractivity contribution in [1.29, 1.82) is 0 Å². The summed E-state index contributed by atoms with van der Waals surface area (Å²) >= 11 is 0. The molecule has 3 heterocycles. The van der Waals surface area contributed by atoms with Crippen LogP contribution in [-0.2, 0) is 0 Å². The van der Waals surface area contributed by atoms with E-state index in [0.717, 1.165) is 42.3 Å². The molecule has 2 fully saturated rings. The van der Waals surface area contributed by atoms with Crippen molar-refractivity contribution in [1.82, 2.24) is 14.4 Å². The minimum atomic E-state index is -0.406. The average Bonchev–Trinajstić information content (AvgIpc) is 3.54. The van der Waals surface area contributed by atoms with Gasteiger partial charge in [-0.15, -0.1) is 0 Å². The molecular formula is C26H27N3O. The van der Waals surface area contributed by atoms with Gasteiger partial charge in [0, 0.05) is 23.3 Å². The van der Waals surface area contributed by atoms with Crippen LogP contribution in [0.5, 0.6) is 0 Å². The Hall–Kier alpha value is -2.72. The van der Waals surface area contributed by atoms with E-state index in [4.69, 9.17) is 0 Å². The molecule has 4 nitrogen and oxygen atoms in total. The van der Waals surface area contributed by atoms with E-state index in [1.165, 1.54) is 29.4 Å². The maximum absolute atomic E-state index is 11.5. The molecule has 4 heteroatoms. The van der Waals surface area contributed by atoms with Gasteiger partial charge in [-0.2, -0.15) is 0 Å². The average molecular weight is 398 g/mol. The predicted octanol–water partition coefficient (Wildman–Crippen LogP) is 5.77. The molecule has 2 aliphatic carbocycles. The van der Waals surface area contributed by atoms with E-state index in [-0.39, 0.29) is 0 Å². The summed E-state index contributed by atoms with van der Waals surface area (Å²) in [7, 11) is 0. The summed E-state index contributed by atoms with van der Waals surface area (Å²) in [6.07, 6.45) is 14.2. The van der Waals surface area contributed by atoms with E-state index in [0.29, 0.717) is 17.8 Å². The number of aliphatic hydroxyl groups excluding tert-OH is 1. The van der Waals surface area contributed by atoms with Crippen LogP contribution in [0.1, 0.15) is 73.2 Å². The molecule has 0 saturated heterocycles. The summed E-state index contributed by atoms with van der Waals surface area (Å²) in [5.41, 5.74) is 6.06. The van der Waals surface area contributed by atoms with Crippen LogP contribution < -0.4 is 0 Å². The molecule has 1 unspecified atom stereocenters. The van der Waals surface area contributed by atoms with E-state index in [2.05, 4.69) is 57.0 Å². The number of hydrogen-bond donors (Lipinski definition) is 1. The Morgan fingerprint density at radius 2 is 1.67 bits per heavy atom. The van der Waals surface area contributed by atoms with Crippen molar-refractivity contribution in [2.75, 3.05) is 0 Å². The largest absolute Gasteiger partial charge is 0.388 e. The van der Waals surface area contributed by atoms with Crippen LogP contribution >= 0.6 is 0 Å². The van der Waals surface area contributed by atoms with Gasteiger partial charge in [0.2, 0.25) is 0 Å². The summed E-state index contributed by atoms with van der Waals surface area (Å²) in [6, 6.07) is 12.9. The molecule has 1 atom stereocenters. The van der Waals surface area contributed by atoms with Crippen LogP contribution in [0.4, 0.5) is 0 Å². The van der Waals surface area contributed by atoms with E-state index in [9.17, 15) is 5.11 Å². The normalized spacial score (nSPS) is 23.1. The number of para-hydroxylation sites is 1. The lowest BCUT2D eigenvalue weighted by atomic mass is 9.74. The topological polar surface area (TPSA) is 50.4 Å². The van der Waals surface area contributed by atoms with Gasteiger partial charge in [-0.05, 0) is 85.6 Å². The van der Waals surface area contributed by atoms with Crippen LogP contribution in [0.2, 0.25) is 0 Å². The number of rotatable bonds is 4. The minimum Gasteiger partial charge on any atom is -0.388 e. The molecule has 0 bridgehead atoms. The van der Waals surface area contributed by atoms with Crippen LogP contribution in [0, 0.1) is 5.92 Å². The van der Waals surface area contributed by atoms with E-state index in [1.807, 2.05) is 18.7 Å². The third kappa shape index (κ3) is 3.02. The molecule has 4 aromatic rings. The fourth-order valence-electron chi connectivity index (χ4n) is 5.56. The van der Waals surface area contributed by atoms with E-state index >= 15 is 0 Å². The Morgan fingerprint density at radius 1 is 0.900 bits per heavy atom. The van der Waals surface area contributed by atoms with Crippen molar-refractivity contribution in [3.63, 3.8) is 0 Å². The van der Waals surface area contributed by atoms with Gasteiger partial charge in [-0.3, -0.25) is 4.98 Å². The second-order valence-electron chi connectivity index (χ2n) is 9.12. The van der Waals surface area contributed by atoms with E-state index in [1.54, 1.807) is 0 Å². The molecule has 0 spiro atoms. The fourth-order valence-corrected chi connectivity index (χ4v) is 5.56. The zero-order chi connectivity index (χ0) is 20.1. The van der Waals surface area contributed by atoms with Gasteiger partial charge < -0.3 is 9.51 Å². The molecule has 2 aliphatic rings.